The zero-order chi connectivity index (χ0) is 14.4. The molecule has 0 radical (unpaired) electrons. The third-order valence-electron chi connectivity index (χ3n) is 3.53. The molecule has 0 aliphatic rings. The van der Waals surface area contributed by atoms with Gasteiger partial charge in [0.15, 0.2) is 0 Å². The molecule has 2 nitrogen and oxygen atoms in total. The number of hydrogen-bond acceptors (Lipinski definition) is 2. The van der Waals surface area contributed by atoms with Crippen molar-refractivity contribution in [2.24, 2.45) is 5.73 Å². The largest absolute Gasteiger partial charge is 0.459 e. The highest BCUT2D eigenvalue weighted by atomic mass is 16.3. The molecule has 2 heteroatoms. The fourth-order valence-electron chi connectivity index (χ4n) is 2.72. The highest BCUT2D eigenvalue weighted by molar-refractivity contribution is 5.86. The lowest BCUT2D eigenvalue weighted by Crippen LogP contribution is -2.14. The van der Waals surface area contributed by atoms with Gasteiger partial charge in [-0.1, -0.05) is 59.7 Å². The molecule has 0 saturated carbocycles. The number of benzene rings is 1. The molecule has 0 bridgehead atoms. The van der Waals surface area contributed by atoms with E-state index in [0.29, 0.717) is 6.54 Å². The van der Waals surface area contributed by atoms with Crippen LogP contribution in [-0.2, 0) is 17.4 Å². The first kappa shape index (κ1) is 14.1. The number of fused-ring (bicyclic) bond motifs is 1. The Morgan fingerprint density at radius 1 is 1.00 bits per heavy atom. The maximum atomic E-state index is 6.11. The summed E-state index contributed by atoms with van der Waals surface area (Å²) < 4.78 is 6.11. The van der Waals surface area contributed by atoms with Crippen LogP contribution in [0.25, 0.3) is 11.0 Å². The molecule has 0 saturated heterocycles. The van der Waals surface area contributed by atoms with Gasteiger partial charge in [0.05, 0.1) is 6.54 Å². The predicted molar refractivity (Wildman–Crippen MR) is 81.5 cm³/mol. The zero-order valence-electron chi connectivity index (χ0n) is 12.9. The second-order valence-corrected chi connectivity index (χ2v) is 7.29. The third kappa shape index (κ3) is 2.42. The fourth-order valence-corrected chi connectivity index (χ4v) is 2.72. The minimum absolute atomic E-state index is 0.0382. The van der Waals surface area contributed by atoms with Gasteiger partial charge >= 0.3 is 0 Å². The minimum atomic E-state index is 0.0382. The number of nitrogens with two attached hydrogens (primary N) is 1. The topological polar surface area (TPSA) is 39.2 Å². The van der Waals surface area contributed by atoms with Crippen LogP contribution in [0.1, 0.15) is 58.4 Å². The molecule has 1 heterocycles. The maximum Gasteiger partial charge on any atom is 0.138 e. The summed E-state index contributed by atoms with van der Waals surface area (Å²) in [6, 6.07) is 6.42. The Balaban J connectivity index is 2.85. The van der Waals surface area contributed by atoms with Crippen molar-refractivity contribution in [2.45, 2.75) is 58.9 Å². The molecule has 0 amide bonds. The van der Waals surface area contributed by atoms with Gasteiger partial charge < -0.3 is 10.2 Å². The van der Waals surface area contributed by atoms with E-state index in [1.54, 1.807) is 0 Å². The first-order valence-electron chi connectivity index (χ1n) is 6.91. The average molecular weight is 259 g/mol. The van der Waals surface area contributed by atoms with Crippen molar-refractivity contribution in [2.75, 3.05) is 0 Å². The van der Waals surface area contributed by atoms with Crippen LogP contribution in [-0.4, -0.2) is 0 Å². The Bertz CT molecular complexity index is 594. The van der Waals surface area contributed by atoms with E-state index in [1.165, 1.54) is 16.5 Å². The molecular formula is C17H25NO. The summed E-state index contributed by atoms with van der Waals surface area (Å²) in [5.41, 5.74) is 9.47. The second-order valence-electron chi connectivity index (χ2n) is 7.29. The molecule has 104 valence electrons. The van der Waals surface area contributed by atoms with Gasteiger partial charge in [-0.2, -0.15) is 0 Å². The van der Waals surface area contributed by atoms with Crippen LogP contribution < -0.4 is 5.73 Å². The standard InChI is InChI=1S/C17H25NO/c1-16(2,3)12-9-7-8-11-14(17(4,5)6)13(10-18)19-15(11)12/h7-9H,10,18H2,1-6H3. The molecule has 1 aromatic heterocycles. The SMILES string of the molecule is CC(C)(C)c1c(CN)oc2c(C(C)(C)C)cccc12. The molecular weight excluding hydrogens is 234 g/mol. The van der Waals surface area contributed by atoms with Crippen molar-refractivity contribution >= 4 is 11.0 Å². The van der Waals surface area contributed by atoms with Crippen molar-refractivity contribution < 1.29 is 4.42 Å². The van der Waals surface area contributed by atoms with Gasteiger partial charge in [0, 0.05) is 16.5 Å². The summed E-state index contributed by atoms with van der Waals surface area (Å²) in [6.45, 7) is 13.7. The summed E-state index contributed by atoms with van der Waals surface area (Å²) in [7, 11) is 0. The number of hydrogen-bond donors (Lipinski definition) is 1. The lowest BCUT2D eigenvalue weighted by atomic mass is 9.82. The van der Waals surface area contributed by atoms with Crippen molar-refractivity contribution in [3.63, 3.8) is 0 Å². The first-order valence-corrected chi connectivity index (χ1v) is 6.91. The summed E-state index contributed by atoms with van der Waals surface area (Å²) in [5.74, 6) is 0.916. The van der Waals surface area contributed by atoms with Crippen LogP contribution in [0.15, 0.2) is 22.6 Å². The molecule has 0 fully saturated rings. The van der Waals surface area contributed by atoms with Crippen LogP contribution in [0.4, 0.5) is 0 Å². The normalized spacial score (nSPS) is 13.2. The van der Waals surface area contributed by atoms with E-state index in [0.717, 1.165) is 11.3 Å². The molecule has 19 heavy (non-hydrogen) atoms. The Labute approximate surface area is 116 Å². The quantitative estimate of drug-likeness (QED) is 0.819. The highest BCUT2D eigenvalue weighted by Crippen LogP contribution is 2.39. The number of para-hydroxylation sites is 1. The van der Waals surface area contributed by atoms with E-state index in [4.69, 9.17) is 10.2 Å². The van der Waals surface area contributed by atoms with Gasteiger partial charge in [-0.3, -0.25) is 0 Å². The molecule has 0 spiro atoms. The molecule has 2 N–H and O–H groups in total. The maximum absolute atomic E-state index is 6.11. The molecule has 0 unspecified atom stereocenters. The Morgan fingerprint density at radius 2 is 1.63 bits per heavy atom. The van der Waals surface area contributed by atoms with Crippen molar-refractivity contribution in [3.8, 4) is 0 Å². The number of furan rings is 1. The Morgan fingerprint density at radius 3 is 2.11 bits per heavy atom. The van der Waals surface area contributed by atoms with E-state index in [1.807, 2.05) is 0 Å². The van der Waals surface area contributed by atoms with Crippen LogP contribution >= 0.6 is 0 Å². The van der Waals surface area contributed by atoms with E-state index < -0.39 is 0 Å². The van der Waals surface area contributed by atoms with Crippen LogP contribution in [0.3, 0.4) is 0 Å². The van der Waals surface area contributed by atoms with Gasteiger partial charge in [-0.05, 0) is 10.8 Å². The summed E-state index contributed by atoms with van der Waals surface area (Å²) in [5, 5.41) is 1.21. The molecule has 0 atom stereocenters. The van der Waals surface area contributed by atoms with E-state index >= 15 is 0 Å². The Kier molecular flexibility index (Phi) is 3.26. The Hall–Kier alpha value is -1.28. The fraction of sp³-hybridized carbons (Fsp3) is 0.529. The first-order chi connectivity index (χ1) is 8.66. The van der Waals surface area contributed by atoms with Crippen molar-refractivity contribution in [3.05, 3.63) is 35.1 Å². The van der Waals surface area contributed by atoms with Gasteiger partial charge in [0.2, 0.25) is 0 Å². The van der Waals surface area contributed by atoms with Crippen LogP contribution in [0, 0.1) is 0 Å². The van der Waals surface area contributed by atoms with Gasteiger partial charge in [-0.25, -0.2) is 0 Å². The van der Waals surface area contributed by atoms with Gasteiger partial charge in [0.25, 0.3) is 0 Å². The third-order valence-corrected chi connectivity index (χ3v) is 3.53. The van der Waals surface area contributed by atoms with E-state index in [-0.39, 0.29) is 10.8 Å². The minimum Gasteiger partial charge on any atom is -0.459 e. The molecule has 2 rings (SSSR count). The second kappa shape index (κ2) is 4.38. The lowest BCUT2D eigenvalue weighted by Gasteiger charge is -2.20. The van der Waals surface area contributed by atoms with Crippen LogP contribution in [0.2, 0.25) is 0 Å². The molecule has 1 aromatic carbocycles. The zero-order valence-corrected chi connectivity index (χ0v) is 12.9. The summed E-state index contributed by atoms with van der Waals surface area (Å²) >= 11 is 0. The molecule has 2 aromatic rings. The molecule has 0 aliphatic carbocycles. The van der Waals surface area contributed by atoms with E-state index in [9.17, 15) is 0 Å². The van der Waals surface area contributed by atoms with Gasteiger partial charge in [-0.15, -0.1) is 0 Å². The average Bonchev–Trinajstić information content (AvgIpc) is 2.64. The summed E-state index contributed by atoms with van der Waals surface area (Å²) in [6.07, 6.45) is 0. The monoisotopic (exact) mass is 259 g/mol. The van der Waals surface area contributed by atoms with Crippen molar-refractivity contribution in [1.82, 2.24) is 0 Å². The summed E-state index contributed by atoms with van der Waals surface area (Å²) in [4.78, 5) is 0. The van der Waals surface area contributed by atoms with Crippen molar-refractivity contribution in [1.29, 1.82) is 0 Å². The van der Waals surface area contributed by atoms with Gasteiger partial charge in [0.1, 0.15) is 11.3 Å². The van der Waals surface area contributed by atoms with Crippen LogP contribution in [0.5, 0.6) is 0 Å². The van der Waals surface area contributed by atoms with E-state index in [2.05, 4.69) is 59.7 Å². The predicted octanol–water partition coefficient (Wildman–Crippen LogP) is 4.49. The molecule has 0 aliphatic heterocycles. The smallest absolute Gasteiger partial charge is 0.138 e. The highest BCUT2D eigenvalue weighted by Gasteiger charge is 2.27. The number of rotatable bonds is 1. The lowest BCUT2D eigenvalue weighted by molar-refractivity contribution is 0.500.